The number of hydrogen-bond acceptors (Lipinski definition) is 4. The van der Waals surface area contributed by atoms with Gasteiger partial charge in [0, 0.05) is 6.54 Å². The van der Waals surface area contributed by atoms with E-state index in [-0.39, 0.29) is 5.91 Å². The van der Waals surface area contributed by atoms with Crippen LogP contribution in [0.5, 0.6) is 0 Å². The van der Waals surface area contributed by atoms with E-state index in [1.165, 1.54) is 0 Å². The zero-order valence-corrected chi connectivity index (χ0v) is 17.9. The van der Waals surface area contributed by atoms with Crippen LogP contribution in [0.3, 0.4) is 0 Å². The molecule has 1 unspecified atom stereocenters. The first-order chi connectivity index (χ1) is 11.3. The second-order valence-corrected chi connectivity index (χ2v) is 6.87. The molecule has 1 atom stereocenters. The van der Waals surface area contributed by atoms with Crippen molar-refractivity contribution < 1.29 is 26.9 Å². The van der Waals surface area contributed by atoms with Crippen molar-refractivity contribution in [1.82, 2.24) is 4.90 Å². The molecule has 24 heavy (non-hydrogen) atoms. The Bertz CT molecular complexity index is 411. The molecule has 0 spiro atoms. The molecule has 0 bridgehead atoms. The summed E-state index contributed by atoms with van der Waals surface area (Å²) in [6, 6.07) is 0. The fourth-order valence-corrected chi connectivity index (χ4v) is 3.10. The van der Waals surface area contributed by atoms with E-state index in [0.29, 0.717) is 42.9 Å². The number of carbonyl (C=O) groups is 1. The van der Waals surface area contributed by atoms with E-state index >= 15 is 0 Å². The molecule has 0 aliphatic carbocycles. The fourth-order valence-electron chi connectivity index (χ4n) is 3.10. The molecular weight excluding hydrogens is 482 g/mol. The summed E-state index contributed by atoms with van der Waals surface area (Å²) in [7, 11) is 0. The molecule has 6 nitrogen and oxygen atoms in total. The van der Waals surface area contributed by atoms with Crippen LogP contribution in [0.4, 0.5) is 0 Å². The number of nitrogens with two attached hydrogens (primary N) is 1. The van der Waals surface area contributed by atoms with Crippen LogP contribution in [0.1, 0.15) is 53.4 Å². The van der Waals surface area contributed by atoms with E-state index < -0.39 is 5.54 Å². The number of piperidine rings is 1. The SMILES string of the molecule is CC(C)CC1(C)N=C(N)N(CC2CC[N-]CC2)C1=O.[CH2-]CC.[O]=[Os]. The maximum absolute atomic E-state index is 12.6. The molecule has 1 saturated heterocycles. The standard InChI is InChI=1S/C14H25N4O.C3H7.O.Os/c1-10(2)8-14(3)12(19)18(13(15)17-14)9-11-4-6-16-7-5-11;1-3-2;;/h10-11H,4-9H2,1-3H3,(H2,15,17);1,3H2,2H3;;/q2*-1;;. The summed E-state index contributed by atoms with van der Waals surface area (Å²) in [6.45, 7) is 14.1. The minimum atomic E-state index is -0.655. The van der Waals surface area contributed by atoms with Gasteiger partial charge in [-0.3, -0.25) is 9.69 Å². The van der Waals surface area contributed by atoms with Crippen LogP contribution >= 0.6 is 0 Å². The molecule has 142 valence electrons. The van der Waals surface area contributed by atoms with Gasteiger partial charge in [0.25, 0.3) is 5.91 Å². The monoisotopic (exact) mass is 516 g/mol. The summed E-state index contributed by atoms with van der Waals surface area (Å²) < 4.78 is 8.28. The fraction of sp³-hybridized carbons (Fsp3) is 0.824. The average molecular weight is 515 g/mol. The van der Waals surface area contributed by atoms with Gasteiger partial charge in [-0.15, -0.1) is 13.1 Å². The summed E-state index contributed by atoms with van der Waals surface area (Å²) in [5.41, 5.74) is 5.31. The molecule has 2 rings (SSSR count). The van der Waals surface area contributed by atoms with Crippen molar-refractivity contribution in [3.05, 3.63) is 12.2 Å². The molecular formula is C17H32N4O2Os-2. The molecule has 0 aromatic rings. The van der Waals surface area contributed by atoms with Crippen LogP contribution in [0.2, 0.25) is 0 Å². The van der Waals surface area contributed by atoms with E-state index in [2.05, 4.69) is 31.1 Å². The van der Waals surface area contributed by atoms with Crippen molar-refractivity contribution in [2.45, 2.75) is 58.9 Å². The Labute approximate surface area is 157 Å². The number of hydrogen-bond donors (Lipinski definition) is 1. The van der Waals surface area contributed by atoms with Gasteiger partial charge < -0.3 is 18.0 Å². The Morgan fingerprint density at radius 3 is 2.38 bits per heavy atom. The van der Waals surface area contributed by atoms with Gasteiger partial charge in [0.2, 0.25) is 0 Å². The first kappa shape index (κ1) is 23.3. The van der Waals surface area contributed by atoms with Crippen LogP contribution in [0, 0.1) is 18.8 Å². The molecule has 2 heterocycles. The van der Waals surface area contributed by atoms with Crippen molar-refractivity contribution in [3.63, 3.8) is 0 Å². The number of guanidine groups is 1. The molecule has 2 aliphatic heterocycles. The number of aliphatic imine (C=N–C) groups is 1. The Balaban J connectivity index is 0.000000952. The maximum atomic E-state index is 12.6. The molecule has 0 aromatic carbocycles. The average Bonchev–Trinajstić information content (AvgIpc) is 2.73. The molecule has 0 radical (unpaired) electrons. The van der Waals surface area contributed by atoms with Crippen molar-refractivity contribution in [2.75, 3.05) is 19.6 Å². The zero-order valence-electron chi connectivity index (χ0n) is 15.4. The van der Waals surface area contributed by atoms with Gasteiger partial charge in [-0.2, -0.15) is 6.42 Å². The molecule has 2 aliphatic rings. The minimum absolute atomic E-state index is 0.0706. The number of amides is 1. The summed E-state index contributed by atoms with van der Waals surface area (Å²) in [5, 5.41) is 4.34. The van der Waals surface area contributed by atoms with Crippen molar-refractivity contribution in [1.29, 1.82) is 0 Å². The number of rotatable bonds is 4. The van der Waals surface area contributed by atoms with Gasteiger partial charge >= 0.3 is 22.1 Å². The quantitative estimate of drug-likeness (QED) is 0.585. The van der Waals surface area contributed by atoms with E-state index in [9.17, 15) is 4.79 Å². The van der Waals surface area contributed by atoms with Crippen LogP contribution in [0.25, 0.3) is 5.32 Å². The van der Waals surface area contributed by atoms with E-state index in [1.807, 2.05) is 13.8 Å². The van der Waals surface area contributed by atoms with E-state index in [1.54, 1.807) is 4.90 Å². The van der Waals surface area contributed by atoms with Crippen LogP contribution in [-0.4, -0.2) is 41.9 Å². The van der Waals surface area contributed by atoms with E-state index in [4.69, 9.17) is 9.27 Å². The van der Waals surface area contributed by atoms with Gasteiger partial charge in [-0.05, 0) is 25.2 Å². The molecule has 1 fully saturated rings. The van der Waals surface area contributed by atoms with E-state index in [0.717, 1.165) is 38.8 Å². The molecule has 2 N–H and O–H groups in total. The predicted octanol–water partition coefficient (Wildman–Crippen LogP) is 2.84. The predicted molar refractivity (Wildman–Crippen MR) is 93.3 cm³/mol. The Morgan fingerprint density at radius 2 is 1.92 bits per heavy atom. The van der Waals surface area contributed by atoms with Crippen LogP contribution in [0.15, 0.2) is 4.99 Å². The number of carbonyl (C=O) groups excluding carboxylic acids is 1. The Morgan fingerprint density at radius 1 is 1.42 bits per heavy atom. The van der Waals surface area contributed by atoms with Crippen LogP contribution < -0.4 is 5.73 Å². The summed E-state index contributed by atoms with van der Waals surface area (Å²) in [6.07, 6.45) is 3.86. The van der Waals surface area contributed by atoms with Gasteiger partial charge in [-0.1, -0.05) is 33.6 Å². The Kier molecular flexibility index (Phi) is 11.5. The Hall–Kier alpha value is -0.664. The molecule has 1 amide bonds. The van der Waals surface area contributed by atoms with Crippen molar-refractivity contribution >= 4 is 11.9 Å². The van der Waals surface area contributed by atoms with Crippen LogP contribution in [-0.2, 0) is 26.9 Å². The third-order valence-corrected chi connectivity index (χ3v) is 3.98. The topological polar surface area (TPSA) is 89.9 Å². The summed E-state index contributed by atoms with van der Waals surface area (Å²) >= 11 is 0.611. The normalized spacial score (nSPS) is 24.0. The third-order valence-electron chi connectivity index (χ3n) is 3.98. The van der Waals surface area contributed by atoms with Crippen molar-refractivity contribution in [2.24, 2.45) is 22.6 Å². The molecule has 7 heteroatoms. The molecule has 0 saturated carbocycles. The summed E-state index contributed by atoms with van der Waals surface area (Å²) in [4.78, 5) is 18.7. The summed E-state index contributed by atoms with van der Waals surface area (Å²) in [5.74, 6) is 1.41. The van der Waals surface area contributed by atoms with Gasteiger partial charge in [-0.25, -0.2) is 4.99 Å². The second kappa shape index (κ2) is 11.8. The first-order valence-electron chi connectivity index (χ1n) is 8.58. The third kappa shape index (κ3) is 7.07. The number of nitrogens with zero attached hydrogens (tertiary/aromatic N) is 3. The van der Waals surface area contributed by atoms with Gasteiger partial charge in [0.05, 0.1) is 0 Å². The van der Waals surface area contributed by atoms with Gasteiger partial charge in [0.15, 0.2) is 5.96 Å². The second-order valence-electron chi connectivity index (χ2n) is 6.87. The zero-order chi connectivity index (χ0) is 18.8. The van der Waals surface area contributed by atoms with Gasteiger partial charge in [0.1, 0.15) is 5.54 Å². The first-order valence-corrected chi connectivity index (χ1v) is 9.62. The van der Waals surface area contributed by atoms with Crippen molar-refractivity contribution in [3.8, 4) is 0 Å². The molecule has 0 aromatic heterocycles.